The lowest BCUT2D eigenvalue weighted by molar-refractivity contribution is -0.111. The van der Waals surface area contributed by atoms with Gasteiger partial charge < -0.3 is 9.73 Å². The first-order valence-electron chi connectivity index (χ1n) is 8.79. The minimum absolute atomic E-state index is 0.228. The van der Waals surface area contributed by atoms with Gasteiger partial charge in [-0.3, -0.25) is 4.79 Å². The maximum Gasteiger partial charge on any atom is 0.274 e. The van der Waals surface area contributed by atoms with Crippen molar-refractivity contribution < 1.29 is 9.21 Å². The number of hydrogen-bond donors (Lipinski definition) is 1. The van der Waals surface area contributed by atoms with Crippen molar-refractivity contribution in [2.75, 3.05) is 5.32 Å². The number of nitrogens with one attached hydrogen (secondary N) is 1. The molecule has 0 bridgehead atoms. The number of carbonyl (C=O) groups is 1. The average Bonchev–Trinajstić information content (AvgIpc) is 3.40. The van der Waals surface area contributed by atoms with Gasteiger partial charge in [0, 0.05) is 21.8 Å². The average molecular weight is 450 g/mol. The number of nitrogens with zero attached hydrogens (tertiary/aromatic N) is 4. The lowest BCUT2D eigenvalue weighted by atomic mass is 10.2. The van der Waals surface area contributed by atoms with Crippen molar-refractivity contribution in [3.05, 3.63) is 82.7 Å². The molecule has 0 saturated carbocycles. The van der Waals surface area contributed by atoms with E-state index in [0.717, 1.165) is 15.6 Å². The van der Waals surface area contributed by atoms with Gasteiger partial charge in [-0.2, -0.15) is 4.68 Å². The van der Waals surface area contributed by atoms with Crippen LogP contribution in [0.5, 0.6) is 0 Å². The molecule has 0 radical (unpaired) electrons. The molecule has 0 aliphatic carbocycles. The summed E-state index contributed by atoms with van der Waals surface area (Å²) in [5, 5.41) is 14.9. The largest absolute Gasteiger partial charge is 0.465 e. The molecule has 2 heterocycles. The van der Waals surface area contributed by atoms with E-state index in [9.17, 15) is 4.79 Å². The molecule has 144 valence electrons. The Morgan fingerprint density at radius 2 is 1.97 bits per heavy atom. The lowest BCUT2D eigenvalue weighted by Gasteiger charge is -2.12. The van der Waals surface area contributed by atoms with Crippen LogP contribution in [-0.2, 0) is 4.79 Å². The number of rotatable bonds is 5. The molecule has 0 aliphatic heterocycles. The fraction of sp³-hybridized carbons (Fsp3) is 0.0476. The standard InChI is InChI=1S/C21H16BrN5O2/c1-14-12-16(22)9-10-18(14)23-21(28)19(13-17-8-5-11-29-17)27-20(24-25-26-27)15-6-3-2-4-7-15/h2-13H,1H3,(H,23,28)/b19-13+. The van der Waals surface area contributed by atoms with E-state index in [-0.39, 0.29) is 11.6 Å². The molecule has 0 aliphatic rings. The molecule has 0 fully saturated rings. The zero-order valence-electron chi connectivity index (χ0n) is 15.4. The summed E-state index contributed by atoms with van der Waals surface area (Å²) in [6, 6.07) is 18.6. The van der Waals surface area contributed by atoms with E-state index < -0.39 is 0 Å². The first kappa shape index (κ1) is 18.8. The van der Waals surface area contributed by atoms with Gasteiger partial charge in [0.15, 0.2) is 5.82 Å². The molecule has 7 nitrogen and oxygen atoms in total. The molecule has 0 unspecified atom stereocenters. The fourth-order valence-corrected chi connectivity index (χ4v) is 3.28. The number of aryl methyl sites for hydroxylation is 1. The molecule has 8 heteroatoms. The van der Waals surface area contributed by atoms with Crippen LogP contribution in [0, 0.1) is 6.92 Å². The first-order valence-corrected chi connectivity index (χ1v) is 9.58. The van der Waals surface area contributed by atoms with Gasteiger partial charge in [0.05, 0.1) is 6.26 Å². The number of amides is 1. The van der Waals surface area contributed by atoms with Gasteiger partial charge >= 0.3 is 0 Å². The van der Waals surface area contributed by atoms with Crippen molar-refractivity contribution in [1.82, 2.24) is 20.2 Å². The van der Waals surface area contributed by atoms with E-state index in [4.69, 9.17) is 4.42 Å². The second-order valence-corrected chi connectivity index (χ2v) is 7.15. The number of carbonyl (C=O) groups excluding carboxylic acids is 1. The van der Waals surface area contributed by atoms with E-state index in [1.807, 2.05) is 55.5 Å². The molecule has 0 spiro atoms. The van der Waals surface area contributed by atoms with Crippen molar-refractivity contribution in [2.24, 2.45) is 0 Å². The van der Waals surface area contributed by atoms with Crippen molar-refractivity contribution >= 4 is 39.3 Å². The summed E-state index contributed by atoms with van der Waals surface area (Å²) < 4.78 is 7.74. The normalized spacial score (nSPS) is 11.4. The molecule has 4 aromatic rings. The fourth-order valence-electron chi connectivity index (χ4n) is 2.80. The number of halogens is 1. The van der Waals surface area contributed by atoms with Crippen LogP contribution in [0.2, 0.25) is 0 Å². The molecule has 1 N–H and O–H groups in total. The third-order valence-corrected chi connectivity index (χ3v) is 4.71. The summed E-state index contributed by atoms with van der Waals surface area (Å²) in [7, 11) is 0. The van der Waals surface area contributed by atoms with Crippen LogP contribution >= 0.6 is 15.9 Å². The molecule has 2 aromatic carbocycles. The Balaban J connectivity index is 1.76. The Morgan fingerprint density at radius 1 is 1.14 bits per heavy atom. The summed E-state index contributed by atoms with van der Waals surface area (Å²) in [4.78, 5) is 13.2. The highest BCUT2D eigenvalue weighted by Gasteiger charge is 2.20. The monoisotopic (exact) mass is 449 g/mol. The van der Waals surface area contributed by atoms with Crippen LogP contribution in [0.25, 0.3) is 23.2 Å². The highest BCUT2D eigenvalue weighted by molar-refractivity contribution is 9.10. The van der Waals surface area contributed by atoms with Crippen molar-refractivity contribution in [2.45, 2.75) is 6.92 Å². The smallest absolute Gasteiger partial charge is 0.274 e. The zero-order valence-corrected chi connectivity index (χ0v) is 17.0. The maximum absolute atomic E-state index is 13.2. The van der Waals surface area contributed by atoms with Crippen LogP contribution in [0.1, 0.15) is 11.3 Å². The highest BCUT2D eigenvalue weighted by Crippen LogP contribution is 2.24. The van der Waals surface area contributed by atoms with Crippen molar-refractivity contribution in [3.8, 4) is 11.4 Å². The number of furan rings is 1. The van der Waals surface area contributed by atoms with E-state index in [0.29, 0.717) is 17.3 Å². The molecule has 1 amide bonds. The van der Waals surface area contributed by atoms with Gasteiger partial charge in [0.2, 0.25) is 0 Å². The predicted molar refractivity (Wildman–Crippen MR) is 114 cm³/mol. The van der Waals surface area contributed by atoms with Crippen molar-refractivity contribution in [3.63, 3.8) is 0 Å². The molecule has 0 saturated heterocycles. The summed E-state index contributed by atoms with van der Waals surface area (Å²) >= 11 is 3.43. The minimum Gasteiger partial charge on any atom is -0.465 e. The Morgan fingerprint density at radius 3 is 2.69 bits per heavy atom. The maximum atomic E-state index is 13.2. The second-order valence-electron chi connectivity index (χ2n) is 6.24. The SMILES string of the molecule is Cc1cc(Br)ccc1NC(=O)/C(=C\c1ccco1)n1nnnc1-c1ccccc1. The molecule has 2 aromatic heterocycles. The number of hydrogen-bond acceptors (Lipinski definition) is 5. The van der Waals surface area contributed by atoms with Crippen LogP contribution in [-0.4, -0.2) is 26.1 Å². The van der Waals surface area contributed by atoms with E-state index in [1.54, 1.807) is 18.2 Å². The minimum atomic E-state index is -0.365. The highest BCUT2D eigenvalue weighted by atomic mass is 79.9. The predicted octanol–water partition coefficient (Wildman–Crippen LogP) is 4.64. The zero-order chi connectivity index (χ0) is 20.2. The van der Waals surface area contributed by atoms with Gasteiger partial charge in [-0.15, -0.1) is 5.10 Å². The number of aromatic nitrogens is 4. The quantitative estimate of drug-likeness (QED) is 0.448. The lowest BCUT2D eigenvalue weighted by Crippen LogP contribution is -2.19. The summed E-state index contributed by atoms with van der Waals surface area (Å²) in [6.45, 7) is 1.92. The van der Waals surface area contributed by atoms with Gasteiger partial charge in [0.25, 0.3) is 5.91 Å². The van der Waals surface area contributed by atoms with E-state index >= 15 is 0 Å². The number of tetrazole rings is 1. The third kappa shape index (κ3) is 4.17. The Hall–Kier alpha value is -3.52. The summed E-state index contributed by atoms with van der Waals surface area (Å²) in [5.74, 6) is 0.597. The van der Waals surface area contributed by atoms with Crippen LogP contribution in [0.3, 0.4) is 0 Å². The van der Waals surface area contributed by atoms with Crippen LogP contribution < -0.4 is 5.32 Å². The summed E-state index contributed by atoms with van der Waals surface area (Å²) in [6.07, 6.45) is 3.14. The van der Waals surface area contributed by atoms with Gasteiger partial charge in [0.1, 0.15) is 11.5 Å². The Bertz CT molecular complexity index is 1170. The Kier molecular flexibility index (Phi) is 5.35. The second kappa shape index (κ2) is 8.24. The molecule has 4 rings (SSSR count). The van der Waals surface area contributed by atoms with Crippen LogP contribution in [0.4, 0.5) is 5.69 Å². The van der Waals surface area contributed by atoms with Crippen molar-refractivity contribution in [1.29, 1.82) is 0 Å². The first-order chi connectivity index (χ1) is 14.1. The van der Waals surface area contributed by atoms with Gasteiger partial charge in [-0.05, 0) is 53.2 Å². The van der Waals surface area contributed by atoms with E-state index in [2.05, 4.69) is 36.8 Å². The molecular formula is C21H16BrN5O2. The van der Waals surface area contributed by atoms with E-state index in [1.165, 1.54) is 10.9 Å². The third-order valence-electron chi connectivity index (χ3n) is 4.22. The van der Waals surface area contributed by atoms with Gasteiger partial charge in [-0.1, -0.05) is 46.3 Å². The number of anilines is 1. The van der Waals surface area contributed by atoms with Gasteiger partial charge in [-0.25, -0.2) is 0 Å². The van der Waals surface area contributed by atoms with Crippen LogP contribution in [0.15, 0.2) is 75.8 Å². The topological polar surface area (TPSA) is 85.8 Å². The molecule has 0 atom stereocenters. The molecular weight excluding hydrogens is 434 g/mol. The number of benzene rings is 2. The Labute approximate surface area is 175 Å². The summed E-state index contributed by atoms with van der Waals surface area (Å²) in [5.41, 5.74) is 2.63. The molecule has 29 heavy (non-hydrogen) atoms.